The third kappa shape index (κ3) is 6.41. The van der Waals surface area contributed by atoms with Gasteiger partial charge in [-0.2, -0.15) is 0 Å². The lowest BCUT2D eigenvalue weighted by Gasteiger charge is -2.22. The molecule has 0 aromatic heterocycles. The van der Waals surface area contributed by atoms with E-state index in [2.05, 4.69) is 5.32 Å². The summed E-state index contributed by atoms with van der Waals surface area (Å²) in [5.74, 6) is -4.86. The Bertz CT molecular complexity index is 487. The molecule has 0 aromatic carbocycles. The van der Waals surface area contributed by atoms with Crippen molar-refractivity contribution in [2.45, 2.75) is 53.2 Å². The lowest BCUT2D eigenvalue weighted by molar-refractivity contribution is -0.147. The number of carboxylic acids is 1. The topological polar surface area (TPSA) is 124 Å². The number of aliphatic hydroxyl groups excluding tert-OH is 2. The highest BCUT2D eigenvalue weighted by Gasteiger charge is 2.31. The zero-order valence-electron chi connectivity index (χ0n) is 14.9. The molecule has 5 atom stereocenters. The maximum Gasteiger partial charge on any atom is 0.308 e. The zero-order valence-corrected chi connectivity index (χ0v) is 14.9. The Balaban J connectivity index is 4.62. The van der Waals surface area contributed by atoms with Gasteiger partial charge in [0.1, 0.15) is 0 Å². The van der Waals surface area contributed by atoms with Gasteiger partial charge in [0, 0.05) is 5.92 Å². The highest BCUT2D eigenvalue weighted by Crippen LogP contribution is 2.15. The number of rotatable bonds is 10. The van der Waals surface area contributed by atoms with Crippen LogP contribution >= 0.6 is 0 Å². The van der Waals surface area contributed by atoms with Gasteiger partial charge in [-0.25, -0.2) is 0 Å². The van der Waals surface area contributed by atoms with Crippen LogP contribution in [-0.2, 0) is 14.4 Å². The van der Waals surface area contributed by atoms with Crippen molar-refractivity contribution in [1.29, 1.82) is 0 Å². The first-order valence-corrected chi connectivity index (χ1v) is 8.10. The number of carboxylic acid groups (broad SMARTS) is 1. The predicted molar refractivity (Wildman–Crippen MR) is 89.2 cm³/mol. The Labute approximate surface area is 142 Å². The SMILES string of the molecule is CC/C=C(\C)[C@H](O)[C@H](C)C(=O)NCC(=O)[C@H](C)[C@H](O)[C@@H](C)C(=O)O. The fourth-order valence-corrected chi connectivity index (χ4v) is 2.25. The van der Waals surface area contributed by atoms with Crippen molar-refractivity contribution in [3.8, 4) is 0 Å². The number of aliphatic hydroxyl groups is 2. The van der Waals surface area contributed by atoms with E-state index in [1.165, 1.54) is 13.8 Å². The maximum absolute atomic E-state index is 12.0. The normalized spacial score (nSPS) is 18.2. The monoisotopic (exact) mass is 343 g/mol. The number of aliphatic carboxylic acids is 1. The number of allylic oxidation sites excluding steroid dienone is 1. The van der Waals surface area contributed by atoms with Gasteiger partial charge in [-0.1, -0.05) is 26.8 Å². The molecule has 0 saturated heterocycles. The van der Waals surface area contributed by atoms with Gasteiger partial charge in [0.15, 0.2) is 5.78 Å². The lowest BCUT2D eigenvalue weighted by Crippen LogP contribution is -2.43. The molecule has 0 heterocycles. The molecular weight excluding hydrogens is 314 g/mol. The minimum absolute atomic E-state index is 0.322. The van der Waals surface area contributed by atoms with E-state index < -0.39 is 47.6 Å². The molecule has 4 N–H and O–H groups in total. The molecule has 0 unspecified atom stereocenters. The number of amides is 1. The van der Waals surface area contributed by atoms with Crippen LogP contribution in [0.3, 0.4) is 0 Å². The van der Waals surface area contributed by atoms with Crippen molar-refractivity contribution in [3.05, 3.63) is 11.6 Å². The first-order valence-electron chi connectivity index (χ1n) is 8.10. The lowest BCUT2D eigenvalue weighted by atomic mass is 9.90. The van der Waals surface area contributed by atoms with Crippen molar-refractivity contribution in [2.75, 3.05) is 6.54 Å². The molecule has 138 valence electrons. The first-order chi connectivity index (χ1) is 11.0. The molecule has 0 rings (SSSR count). The van der Waals surface area contributed by atoms with Gasteiger partial charge in [-0.3, -0.25) is 14.4 Å². The molecule has 7 heteroatoms. The standard InChI is InChI=1S/C17H29NO6/c1-6-7-9(2)14(20)11(4)16(22)18-8-13(19)10(3)15(21)12(5)17(23)24/h7,10-12,14-15,20-21H,6,8H2,1-5H3,(H,18,22)(H,23,24)/b9-7+/t10-,11-,12+,14-,15-/m0/s1. The molecular formula is C17H29NO6. The molecule has 7 nitrogen and oxygen atoms in total. The van der Waals surface area contributed by atoms with Crippen LogP contribution in [0, 0.1) is 17.8 Å². The largest absolute Gasteiger partial charge is 0.481 e. The van der Waals surface area contributed by atoms with Gasteiger partial charge in [-0.05, 0) is 25.8 Å². The molecule has 0 aromatic rings. The van der Waals surface area contributed by atoms with Crippen molar-refractivity contribution in [1.82, 2.24) is 5.32 Å². The minimum Gasteiger partial charge on any atom is -0.481 e. The first kappa shape index (κ1) is 22.3. The maximum atomic E-state index is 12.0. The summed E-state index contributed by atoms with van der Waals surface area (Å²) in [5.41, 5.74) is 0.686. The number of carbonyl (C=O) groups is 3. The number of Topliss-reactive ketones (excluding diaryl/α,β-unsaturated/α-hetero) is 1. The summed E-state index contributed by atoms with van der Waals surface area (Å²) in [6.45, 7) is 7.63. The molecule has 0 spiro atoms. The Morgan fingerprint density at radius 3 is 2.04 bits per heavy atom. The Kier molecular flexibility index (Phi) is 9.47. The van der Waals surface area contributed by atoms with Crippen LogP contribution in [0.2, 0.25) is 0 Å². The van der Waals surface area contributed by atoms with Crippen molar-refractivity contribution < 1.29 is 29.7 Å². The second kappa shape index (κ2) is 10.2. The van der Waals surface area contributed by atoms with Gasteiger partial charge < -0.3 is 20.6 Å². The number of hydrogen-bond donors (Lipinski definition) is 4. The average molecular weight is 343 g/mol. The quantitative estimate of drug-likeness (QED) is 0.434. The van der Waals surface area contributed by atoms with Crippen LogP contribution in [0.25, 0.3) is 0 Å². The van der Waals surface area contributed by atoms with E-state index in [1.54, 1.807) is 13.8 Å². The average Bonchev–Trinajstić information content (AvgIpc) is 2.55. The highest BCUT2D eigenvalue weighted by molar-refractivity contribution is 5.89. The van der Waals surface area contributed by atoms with Gasteiger partial charge in [0.25, 0.3) is 0 Å². The summed E-state index contributed by atoms with van der Waals surface area (Å²) in [4.78, 5) is 34.9. The summed E-state index contributed by atoms with van der Waals surface area (Å²) in [7, 11) is 0. The summed E-state index contributed by atoms with van der Waals surface area (Å²) >= 11 is 0. The highest BCUT2D eigenvalue weighted by atomic mass is 16.4. The van der Waals surface area contributed by atoms with Gasteiger partial charge in [0.2, 0.25) is 5.91 Å². The number of carbonyl (C=O) groups excluding carboxylic acids is 2. The van der Waals surface area contributed by atoms with Crippen LogP contribution < -0.4 is 5.32 Å². The number of hydrogen-bond acceptors (Lipinski definition) is 5. The van der Waals surface area contributed by atoms with E-state index in [1.807, 2.05) is 13.0 Å². The van der Waals surface area contributed by atoms with Crippen molar-refractivity contribution in [2.24, 2.45) is 17.8 Å². The smallest absolute Gasteiger partial charge is 0.308 e. The van der Waals surface area contributed by atoms with E-state index in [4.69, 9.17) is 5.11 Å². The van der Waals surface area contributed by atoms with Crippen molar-refractivity contribution >= 4 is 17.7 Å². The van der Waals surface area contributed by atoms with Gasteiger partial charge in [-0.15, -0.1) is 0 Å². The zero-order chi connectivity index (χ0) is 19.0. The number of nitrogens with one attached hydrogen (secondary N) is 1. The molecule has 0 aliphatic carbocycles. The van der Waals surface area contributed by atoms with E-state index in [0.29, 0.717) is 5.57 Å². The van der Waals surface area contributed by atoms with Crippen LogP contribution in [0.4, 0.5) is 0 Å². The van der Waals surface area contributed by atoms with E-state index in [9.17, 15) is 24.6 Å². The second-order valence-corrected chi connectivity index (χ2v) is 6.18. The summed E-state index contributed by atoms with van der Waals surface area (Å²) in [6.07, 6.45) is 0.304. The minimum atomic E-state index is -1.33. The fourth-order valence-electron chi connectivity index (χ4n) is 2.25. The second-order valence-electron chi connectivity index (χ2n) is 6.18. The summed E-state index contributed by atoms with van der Waals surface area (Å²) < 4.78 is 0. The molecule has 1 amide bonds. The van der Waals surface area contributed by atoms with Crippen LogP contribution in [0.5, 0.6) is 0 Å². The summed E-state index contributed by atoms with van der Waals surface area (Å²) in [5, 5.41) is 31.2. The molecule has 0 saturated carbocycles. The molecule has 0 aliphatic rings. The number of ketones is 1. The predicted octanol–water partition coefficient (Wildman–Crippen LogP) is 0.743. The Hall–Kier alpha value is -1.73. The Morgan fingerprint density at radius 2 is 1.58 bits per heavy atom. The summed E-state index contributed by atoms with van der Waals surface area (Å²) in [6, 6.07) is 0. The molecule has 0 bridgehead atoms. The van der Waals surface area contributed by atoms with Crippen LogP contribution in [0.15, 0.2) is 11.6 Å². The fraction of sp³-hybridized carbons (Fsp3) is 0.706. The molecule has 0 radical (unpaired) electrons. The van der Waals surface area contributed by atoms with Crippen molar-refractivity contribution in [3.63, 3.8) is 0 Å². The molecule has 24 heavy (non-hydrogen) atoms. The van der Waals surface area contributed by atoms with E-state index in [-0.39, 0.29) is 6.54 Å². The molecule has 0 aliphatic heterocycles. The van der Waals surface area contributed by atoms with Gasteiger partial charge in [0.05, 0.1) is 30.6 Å². The van der Waals surface area contributed by atoms with E-state index >= 15 is 0 Å². The van der Waals surface area contributed by atoms with Crippen LogP contribution in [0.1, 0.15) is 41.0 Å². The van der Waals surface area contributed by atoms with Gasteiger partial charge >= 0.3 is 5.97 Å². The van der Waals surface area contributed by atoms with E-state index in [0.717, 1.165) is 6.42 Å². The third-order valence-corrected chi connectivity index (χ3v) is 4.24. The Morgan fingerprint density at radius 1 is 1.04 bits per heavy atom. The third-order valence-electron chi connectivity index (χ3n) is 4.24. The van der Waals surface area contributed by atoms with Crippen LogP contribution in [-0.4, -0.2) is 51.7 Å². The molecule has 0 fully saturated rings.